The second kappa shape index (κ2) is 9.56. The smallest absolute Gasteiger partial charge is 0.251 e. The van der Waals surface area contributed by atoms with E-state index >= 15 is 0 Å². The highest BCUT2D eigenvalue weighted by Crippen LogP contribution is 2.29. The van der Waals surface area contributed by atoms with Crippen LogP contribution in [0.15, 0.2) is 55.1 Å². The van der Waals surface area contributed by atoms with E-state index in [2.05, 4.69) is 30.6 Å². The number of aromatic nitrogens is 4. The number of carbonyl (C=O) groups is 1. The summed E-state index contributed by atoms with van der Waals surface area (Å²) in [6.07, 6.45) is 4.70. The summed E-state index contributed by atoms with van der Waals surface area (Å²) in [6.45, 7) is 2.52. The highest BCUT2D eigenvalue weighted by molar-refractivity contribution is 6.06. The largest absolute Gasteiger partial charge is 0.481 e. The Bertz CT molecular complexity index is 1300. The Hall–Kier alpha value is -4.14. The predicted molar refractivity (Wildman–Crippen MR) is 124 cm³/mol. The summed E-state index contributed by atoms with van der Waals surface area (Å²) < 4.78 is 19.7. The lowest BCUT2D eigenvalue weighted by Crippen LogP contribution is -2.19. The molecule has 33 heavy (non-hydrogen) atoms. The third kappa shape index (κ3) is 4.57. The van der Waals surface area contributed by atoms with Crippen LogP contribution >= 0.6 is 0 Å². The molecule has 0 fully saturated rings. The van der Waals surface area contributed by atoms with Gasteiger partial charge in [0.2, 0.25) is 5.88 Å². The Morgan fingerprint density at radius 2 is 1.97 bits per heavy atom. The van der Waals surface area contributed by atoms with E-state index in [0.717, 1.165) is 16.8 Å². The minimum Gasteiger partial charge on any atom is -0.481 e. The summed E-state index contributed by atoms with van der Waals surface area (Å²) in [4.78, 5) is 29.4. The molecule has 0 spiro atoms. The van der Waals surface area contributed by atoms with Gasteiger partial charge in [0.25, 0.3) is 5.91 Å². The first-order chi connectivity index (χ1) is 16.0. The molecule has 0 radical (unpaired) electrons. The van der Waals surface area contributed by atoms with Gasteiger partial charge in [-0.1, -0.05) is 13.0 Å². The Balaban J connectivity index is 1.56. The Morgan fingerprint density at radius 3 is 2.70 bits per heavy atom. The van der Waals surface area contributed by atoms with Crippen LogP contribution in [-0.4, -0.2) is 46.5 Å². The predicted octanol–water partition coefficient (Wildman–Crippen LogP) is 3.81. The third-order valence-corrected chi connectivity index (χ3v) is 5.37. The lowest BCUT2D eigenvalue weighted by atomic mass is 9.95. The first-order valence-electron chi connectivity index (χ1n) is 10.4. The number of fused-ring (bicyclic) bond motifs is 1. The number of pyridine rings is 2. The summed E-state index contributed by atoms with van der Waals surface area (Å²) in [5, 5.41) is 6.08. The zero-order valence-corrected chi connectivity index (χ0v) is 18.5. The fourth-order valence-electron chi connectivity index (χ4n) is 3.60. The van der Waals surface area contributed by atoms with Crippen LogP contribution < -0.4 is 15.4 Å². The quantitative estimate of drug-likeness (QED) is 0.445. The van der Waals surface area contributed by atoms with Crippen LogP contribution in [0, 0.1) is 5.82 Å². The van der Waals surface area contributed by atoms with Crippen molar-refractivity contribution in [1.29, 1.82) is 0 Å². The number of anilines is 1. The molecule has 9 heteroatoms. The van der Waals surface area contributed by atoms with E-state index in [1.807, 2.05) is 19.1 Å². The van der Waals surface area contributed by atoms with Crippen LogP contribution in [0.3, 0.4) is 0 Å². The summed E-state index contributed by atoms with van der Waals surface area (Å²) in [5.41, 5.74) is 3.12. The number of nitrogens with zero attached hydrogens (tertiary/aromatic N) is 4. The van der Waals surface area contributed by atoms with E-state index < -0.39 is 5.82 Å². The third-order valence-electron chi connectivity index (χ3n) is 5.37. The molecule has 0 saturated heterocycles. The molecule has 1 atom stereocenters. The molecular weight excluding hydrogens is 423 g/mol. The second-order valence-electron chi connectivity index (χ2n) is 7.46. The van der Waals surface area contributed by atoms with E-state index in [1.165, 1.54) is 31.7 Å². The number of ether oxygens (including phenoxy) is 1. The molecule has 4 aromatic rings. The number of amides is 1. The van der Waals surface area contributed by atoms with Gasteiger partial charge in [0.05, 0.1) is 23.9 Å². The van der Waals surface area contributed by atoms with Crippen molar-refractivity contribution in [3.8, 4) is 17.1 Å². The van der Waals surface area contributed by atoms with Crippen molar-refractivity contribution in [2.24, 2.45) is 0 Å². The summed E-state index contributed by atoms with van der Waals surface area (Å²) >= 11 is 0. The molecule has 3 aromatic heterocycles. The van der Waals surface area contributed by atoms with Crippen LogP contribution in [0.1, 0.15) is 28.8 Å². The first kappa shape index (κ1) is 22.1. The van der Waals surface area contributed by atoms with Gasteiger partial charge in [-0.25, -0.2) is 19.3 Å². The average molecular weight is 446 g/mol. The van der Waals surface area contributed by atoms with Gasteiger partial charge in [-0.05, 0) is 23.8 Å². The number of carbonyl (C=O) groups excluding carboxylic acids is 1. The van der Waals surface area contributed by atoms with Gasteiger partial charge in [-0.3, -0.25) is 9.78 Å². The molecule has 0 aliphatic rings. The van der Waals surface area contributed by atoms with Crippen molar-refractivity contribution >= 4 is 22.6 Å². The Morgan fingerprint density at radius 1 is 1.12 bits per heavy atom. The van der Waals surface area contributed by atoms with E-state index in [9.17, 15) is 9.18 Å². The zero-order chi connectivity index (χ0) is 23.4. The number of methoxy groups -OCH3 is 1. The van der Waals surface area contributed by atoms with Crippen LogP contribution in [0.4, 0.5) is 10.2 Å². The number of nitrogens with one attached hydrogen (secondary N) is 2. The molecule has 1 aromatic carbocycles. The number of rotatable bonds is 7. The van der Waals surface area contributed by atoms with E-state index in [0.29, 0.717) is 23.8 Å². The maximum absolute atomic E-state index is 14.6. The number of hydrogen-bond acceptors (Lipinski definition) is 7. The molecule has 0 saturated carbocycles. The van der Waals surface area contributed by atoms with E-state index in [1.54, 1.807) is 25.4 Å². The molecular formula is C24H23FN6O2. The van der Waals surface area contributed by atoms with Crippen molar-refractivity contribution in [1.82, 2.24) is 25.3 Å². The topological polar surface area (TPSA) is 102 Å². The molecule has 4 rings (SSSR count). The van der Waals surface area contributed by atoms with Crippen LogP contribution in [0.2, 0.25) is 0 Å². The monoisotopic (exact) mass is 446 g/mol. The van der Waals surface area contributed by atoms with E-state index in [-0.39, 0.29) is 22.8 Å². The van der Waals surface area contributed by atoms with Crippen molar-refractivity contribution < 1.29 is 13.9 Å². The molecule has 1 amide bonds. The number of benzene rings is 1. The summed E-state index contributed by atoms with van der Waals surface area (Å²) in [5.74, 6) is 0.300. The van der Waals surface area contributed by atoms with Gasteiger partial charge in [0, 0.05) is 55.0 Å². The molecule has 168 valence electrons. The SMILES string of the molecule is CNC(=O)c1ccnc2c([C@H](C)CNc3cc(-c4ccc(OC)nc4)ncn3)ccc(F)c12. The molecule has 0 aliphatic carbocycles. The lowest BCUT2D eigenvalue weighted by molar-refractivity contribution is 0.0964. The van der Waals surface area contributed by atoms with Gasteiger partial charge in [0.15, 0.2) is 0 Å². The van der Waals surface area contributed by atoms with Gasteiger partial charge in [-0.15, -0.1) is 0 Å². The van der Waals surface area contributed by atoms with Crippen LogP contribution in [0.5, 0.6) is 5.88 Å². The summed E-state index contributed by atoms with van der Waals surface area (Å²) in [6, 6.07) is 10.1. The summed E-state index contributed by atoms with van der Waals surface area (Å²) in [7, 11) is 3.08. The van der Waals surface area contributed by atoms with Crippen molar-refractivity contribution in [3.63, 3.8) is 0 Å². The minimum absolute atomic E-state index is 0.0402. The number of halogens is 1. The molecule has 0 aliphatic heterocycles. The van der Waals surface area contributed by atoms with Gasteiger partial charge < -0.3 is 15.4 Å². The molecule has 0 bridgehead atoms. The lowest BCUT2D eigenvalue weighted by Gasteiger charge is -2.17. The molecule has 8 nitrogen and oxygen atoms in total. The van der Waals surface area contributed by atoms with Gasteiger partial charge in [-0.2, -0.15) is 0 Å². The van der Waals surface area contributed by atoms with Gasteiger partial charge >= 0.3 is 0 Å². The normalized spacial score (nSPS) is 11.8. The van der Waals surface area contributed by atoms with Gasteiger partial charge in [0.1, 0.15) is 18.0 Å². The first-order valence-corrected chi connectivity index (χ1v) is 10.4. The standard InChI is InChI=1S/C24H23FN6O2/c1-14(16-5-6-18(25)22-17(24(32)26-2)8-9-27-23(16)22)11-28-20-10-19(30-13-31-20)15-4-7-21(33-3)29-12-15/h4-10,12-14H,11H2,1-3H3,(H,26,32)(H,28,30,31)/t14-/m1/s1. The maximum atomic E-state index is 14.6. The van der Waals surface area contributed by atoms with Crippen LogP contribution in [0.25, 0.3) is 22.2 Å². The highest BCUT2D eigenvalue weighted by atomic mass is 19.1. The molecule has 3 heterocycles. The highest BCUT2D eigenvalue weighted by Gasteiger charge is 2.18. The second-order valence-corrected chi connectivity index (χ2v) is 7.46. The van der Waals surface area contributed by atoms with Crippen molar-refractivity contribution in [3.05, 3.63) is 72.1 Å². The molecule has 0 unspecified atom stereocenters. The fraction of sp³-hybridized carbons (Fsp3) is 0.208. The minimum atomic E-state index is -0.478. The Kier molecular flexibility index (Phi) is 6.39. The molecule has 2 N–H and O–H groups in total. The van der Waals surface area contributed by atoms with Crippen molar-refractivity contribution in [2.75, 3.05) is 26.0 Å². The average Bonchev–Trinajstić information content (AvgIpc) is 2.87. The zero-order valence-electron chi connectivity index (χ0n) is 18.5. The maximum Gasteiger partial charge on any atom is 0.251 e. The van der Waals surface area contributed by atoms with Crippen molar-refractivity contribution in [2.45, 2.75) is 12.8 Å². The van der Waals surface area contributed by atoms with E-state index in [4.69, 9.17) is 4.74 Å². The van der Waals surface area contributed by atoms with Crippen LogP contribution in [-0.2, 0) is 0 Å². The number of hydrogen-bond donors (Lipinski definition) is 2. The fourth-order valence-corrected chi connectivity index (χ4v) is 3.60. The Labute approximate surface area is 190 Å².